The molecule has 2 aromatic rings. The Labute approximate surface area is 223 Å². The molecule has 0 saturated heterocycles. The molecule has 2 heterocycles. The van der Waals surface area contributed by atoms with Crippen LogP contribution in [0.25, 0.3) is 0 Å². The van der Waals surface area contributed by atoms with E-state index in [1.165, 1.54) is 11.8 Å². The van der Waals surface area contributed by atoms with E-state index in [4.69, 9.17) is 5.73 Å². The number of aromatic nitrogens is 2. The van der Waals surface area contributed by atoms with Crippen LogP contribution in [0, 0.1) is 11.6 Å². The molecule has 39 heavy (non-hydrogen) atoms. The first-order valence-electron chi connectivity index (χ1n) is 11.2. The van der Waals surface area contributed by atoms with Gasteiger partial charge in [-0.3, -0.25) is 14.6 Å². The average molecular weight is 579 g/mol. The maximum absolute atomic E-state index is 15.0. The number of halogens is 6. The Morgan fingerprint density at radius 2 is 1.87 bits per heavy atom. The van der Waals surface area contributed by atoms with Gasteiger partial charge in [-0.25, -0.2) is 27.5 Å². The van der Waals surface area contributed by atoms with Gasteiger partial charge in [0.25, 0.3) is 5.91 Å². The van der Waals surface area contributed by atoms with Crippen LogP contribution in [0.1, 0.15) is 36.3 Å². The van der Waals surface area contributed by atoms with Gasteiger partial charge < -0.3 is 20.7 Å². The van der Waals surface area contributed by atoms with Crippen molar-refractivity contribution in [2.24, 2.45) is 10.7 Å². The van der Waals surface area contributed by atoms with Gasteiger partial charge in [0.1, 0.15) is 10.4 Å². The van der Waals surface area contributed by atoms with Crippen molar-refractivity contribution >= 4 is 34.4 Å². The van der Waals surface area contributed by atoms with Crippen molar-refractivity contribution in [3.8, 4) is 5.88 Å². The van der Waals surface area contributed by atoms with Gasteiger partial charge in [0, 0.05) is 37.8 Å². The Morgan fingerprint density at radius 1 is 1.21 bits per heavy atom. The lowest BCUT2D eigenvalue weighted by Gasteiger charge is -2.41. The molecule has 0 unspecified atom stereocenters. The van der Waals surface area contributed by atoms with E-state index in [0.29, 0.717) is 6.07 Å². The molecule has 3 rings (SSSR count). The van der Waals surface area contributed by atoms with Crippen molar-refractivity contribution in [2.75, 3.05) is 26.0 Å². The van der Waals surface area contributed by atoms with E-state index >= 15 is 4.39 Å². The Kier molecular flexibility index (Phi) is 8.38. The van der Waals surface area contributed by atoms with E-state index in [2.05, 4.69) is 25.0 Å². The maximum atomic E-state index is 15.0. The van der Waals surface area contributed by atoms with Crippen LogP contribution in [0.4, 0.5) is 32.0 Å². The summed E-state index contributed by atoms with van der Waals surface area (Å²) < 4.78 is 83.5. The van der Waals surface area contributed by atoms with Crippen molar-refractivity contribution in [1.82, 2.24) is 14.9 Å². The first-order chi connectivity index (χ1) is 18.0. The highest BCUT2D eigenvalue weighted by Crippen LogP contribution is 2.47. The van der Waals surface area contributed by atoms with Crippen molar-refractivity contribution < 1.29 is 40.7 Å². The van der Waals surface area contributed by atoms with E-state index < -0.39 is 52.7 Å². The topological polar surface area (TPSA) is 123 Å². The third-order valence-corrected chi connectivity index (χ3v) is 6.76. The van der Waals surface area contributed by atoms with Crippen molar-refractivity contribution in [1.29, 1.82) is 0 Å². The molecule has 16 heteroatoms. The summed E-state index contributed by atoms with van der Waals surface area (Å²) in [6.07, 6.45) is -2.42. The zero-order valence-corrected chi connectivity index (χ0v) is 21.9. The van der Waals surface area contributed by atoms with Crippen molar-refractivity contribution in [3.05, 3.63) is 47.4 Å². The van der Waals surface area contributed by atoms with Gasteiger partial charge in [-0.05, 0) is 19.9 Å². The Bertz CT molecular complexity index is 1300. The summed E-state index contributed by atoms with van der Waals surface area (Å²) in [5.41, 5.74) is 3.65. The number of nitrogens with two attached hydrogens (primary N) is 1. The average Bonchev–Trinajstić information content (AvgIpc) is 2.83. The third-order valence-electron chi connectivity index (χ3n) is 5.69. The molecule has 1 aliphatic heterocycles. The van der Waals surface area contributed by atoms with E-state index in [1.54, 1.807) is 21.0 Å². The minimum Gasteiger partial charge on any atom is -0.470 e. The molecule has 0 radical (unpaired) electrons. The number of thioether (sulfide) groups is 1. The predicted octanol–water partition coefficient (Wildman–Crippen LogP) is 3.80. The highest BCUT2D eigenvalue weighted by atomic mass is 32.2. The van der Waals surface area contributed by atoms with Crippen LogP contribution >= 0.6 is 11.8 Å². The summed E-state index contributed by atoms with van der Waals surface area (Å²) in [7, 11) is 3.09. The maximum Gasteiger partial charge on any atom is 0.340 e. The van der Waals surface area contributed by atoms with Gasteiger partial charge >= 0.3 is 12.3 Å². The Hall–Kier alpha value is -3.56. The minimum atomic E-state index is -4.42. The second kappa shape index (κ2) is 10.9. The van der Waals surface area contributed by atoms with Crippen molar-refractivity contribution in [2.45, 2.75) is 42.9 Å². The normalized spacial score (nSPS) is 21.4. The number of hydrogen-bond acceptors (Lipinski definition) is 8. The molecule has 9 nitrogen and oxygen atoms in total. The van der Waals surface area contributed by atoms with Crippen LogP contribution in [0.2, 0.25) is 0 Å². The number of rotatable bonds is 8. The summed E-state index contributed by atoms with van der Waals surface area (Å²) in [6.45, 7) is 1.43. The molecule has 1 aliphatic rings. The van der Waals surface area contributed by atoms with Crippen LogP contribution in [-0.2, 0) is 10.3 Å². The number of carbonyl (C=O) groups excluding carboxylic acids is 2. The van der Waals surface area contributed by atoms with E-state index in [1.807, 2.05) is 0 Å². The van der Waals surface area contributed by atoms with Gasteiger partial charge in [0.2, 0.25) is 11.8 Å². The summed E-state index contributed by atoms with van der Waals surface area (Å²) >= 11 is 0.998. The first kappa shape index (κ1) is 30.0. The largest absolute Gasteiger partial charge is 0.470 e. The zero-order chi connectivity index (χ0) is 29.3. The summed E-state index contributed by atoms with van der Waals surface area (Å²) in [5.74, 6) is -8.78. The summed E-state index contributed by atoms with van der Waals surface area (Å²) in [6, 6.07) is 1.85. The number of carbonyl (C=O) groups is 2. The predicted molar refractivity (Wildman–Crippen MR) is 131 cm³/mol. The molecule has 0 aliphatic carbocycles. The summed E-state index contributed by atoms with van der Waals surface area (Å²) in [4.78, 5) is 38.3. The number of anilines is 1. The smallest absolute Gasteiger partial charge is 0.340 e. The second-order valence-electron chi connectivity index (χ2n) is 9.30. The van der Waals surface area contributed by atoms with E-state index in [9.17, 15) is 31.5 Å². The number of nitrogens with zero attached hydrogens (tertiary/aromatic N) is 4. The fourth-order valence-corrected chi connectivity index (χ4v) is 5.30. The lowest BCUT2D eigenvalue weighted by molar-refractivity contribution is -0.148. The Morgan fingerprint density at radius 3 is 2.44 bits per heavy atom. The first-order valence-corrected chi connectivity index (χ1v) is 12.0. The minimum absolute atomic E-state index is 0.0143. The molecule has 2 amide bonds. The van der Waals surface area contributed by atoms with E-state index in [-0.39, 0.29) is 34.4 Å². The standard InChI is InChI=1S/C23H24F6N6O3S/c1-21(9-22(2,19(37)35(3)4)39-20(30)34-21)12-5-11(6-13(24)16(12)25)33-17(36)14-7-32-15(8-31-14)38-10-23(28,29)18(26)27/h5-8,18H,9-10H2,1-4H3,(H2,30,34)(H,33,36)/t21-,22+/m0/s1. The van der Waals surface area contributed by atoms with Crippen LogP contribution in [0.5, 0.6) is 5.88 Å². The molecular formula is C23H24F6N6O3S. The lowest BCUT2D eigenvalue weighted by Crippen LogP contribution is -2.49. The Balaban J connectivity index is 1.84. The number of amides is 2. The molecule has 0 spiro atoms. The lowest BCUT2D eigenvalue weighted by atomic mass is 9.82. The van der Waals surface area contributed by atoms with Gasteiger partial charge in [-0.15, -0.1) is 0 Å². The molecule has 3 N–H and O–H groups in total. The van der Waals surface area contributed by atoms with Gasteiger partial charge in [-0.1, -0.05) is 11.8 Å². The quantitative estimate of drug-likeness (QED) is 0.457. The van der Waals surface area contributed by atoms with Gasteiger partial charge in [0.15, 0.2) is 23.4 Å². The molecule has 2 atom stereocenters. The number of nitrogens with one attached hydrogen (secondary N) is 1. The zero-order valence-electron chi connectivity index (χ0n) is 21.1. The second-order valence-corrected chi connectivity index (χ2v) is 10.8. The number of amidine groups is 1. The molecule has 212 valence electrons. The molecule has 0 bridgehead atoms. The highest BCUT2D eigenvalue weighted by molar-refractivity contribution is 8.15. The fourth-order valence-electron chi connectivity index (χ4n) is 3.97. The van der Waals surface area contributed by atoms with Crippen LogP contribution in [0.3, 0.4) is 0 Å². The number of alkyl halides is 4. The molecular weight excluding hydrogens is 554 g/mol. The third kappa shape index (κ3) is 6.54. The van der Waals surface area contributed by atoms with Gasteiger partial charge in [-0.2, -0.15) is 8.78 Å². The highest BCUT2D eigenvalue weighted by Gasteiger charge is 2.48. The van der Waals surface area contributed by atoms with Crippen LogP contribution in [-0.4, -0.2) is 69.6 Å². The van der Waals surface area contributed by atoms with Gasteiger partial charge in [0.05, 0.1) is 17.9 Å². The number of hydrogen-bond donors (Lipinski definition) is 2. The molecule has 1 aromatic carbocycles. The molecule has 0 fully saturated rings. The SMILES string of the molecule is CN(C)C(=O)[C@@]1(C)C[C@@](C)(c2cc(NC(=O)c3cnc(OCC(F)(F)C(F)F)cn3)cc(F)c2F)N=C(N)S1. The van der Waals surface area contributed by atoms with Crippen LogP contribution < -0.4 is 15.8 Å². The molecule has 1 aromatic heterocycles. The fraction of sp³-hybridized carbons (Fsp3) is 0.435. The summed E-state index contributed by atoms with van der Waals surface area (Å²) in [5, 5.41) is 2.30. The van der Waals surface area contributed by atoms with Crippen molar-refractivity contribution in [3.63, 3.8) is 0 Å². The number of aliphatic imine (C=N–C) groups is 1. The number of benzene rings is 1. The number of ether oxygens (including phenoxy) is 1. The molecule has 0 saturated carbocycles. The van der Waals surface area contributed by atoms with Crippen LogP contribution in [0.15, 0.2) is 29.5 Å². The monoisotopic (exact) mass is 578 g/mol. The van der Waals surface area contributed by atoms with E-state index in [0.717, 1.165) is 30.2 Å².